The zero-order valence-corrected chi connectivity index (χ0v) is 7.85. The molecule has 3 nitrogen and oxygen atoms in total. The molecule has 0 atom stereocenters. The maximum atomic E-state index is 5.75. The van der Waals surface area contributed by atoms with E-state index in [-0.39, 0.29) is 0 Å². The number of nitrogen functional groups attached to an aromatic ring is 1. The van der Waals surface area contributed by atoms with Crippen LogP contribution in [0.25, 0.3) is 0 Å². The van der Waals surface area contributed by atoms with Gasteiger partial charge in [0.25, 0.3) is 0 Å². The highest BCUT2D eigenvalue weighted by Crippen LogP contribution is 2.18. The molecule has 0 fully saturated rings. The van der Waals surface area contributed by atoms with E-state index in [1.54, 1.807) is 16.4 Å². The summed E-state index contributed by atoms with van der Waals surface area (Å²) in [5.74, 6) is 6.19. The molecule has 1 aromatic heterocycles. The van der Waals surface area contributed by atoms with Gasteiger partial charge in [0.05, 0.1) is 11.9 Å². The molecule has 0 radical (unpaired) electrons. The first-order valence-corrected chi connectivity index (χ1v) is 4.76. The Morgan fingerprint density at radius 2 is 2.27 bits per heavy atom. The van der Waals surface area contributed by atoms with Gasteiger partial charge < -0.3 is 5.84 Å². The van der Waals surface area contributed by atoms with Crippen molar-refractivity contribution in [1.29, 1.82) is 0 Å². The van der Waals surface area contributed by atoms with Gasteiger partial charge in [0.15, 0.2) is 5.16 Å². The SMILES string of the molecule is CSc1ncc(C(C)C)n1N. The van der Waals surface area contributed by atoms with Crippen LogP contribution < -0.4 is 5.84 Å². The van der Waals surface area contributed by atoms with Crippen LogP contribution in [-0.4, -0.2) is 15.9 Å². The average Bonchev–Trinajstić information content (AvgIpc) is 2.30. The Kier molecular flexibility index (Phi) is 2.44. The van der Waals surface area contributed by atoms with Crippen LogP contribution in [0.1, 0.15) is 25.5 Å². The highest BCUT2D eigenvalue weighted by Gasteiger charge is 2.08. The second-order valence-electron chi connectivity index (χ2n) is 2.69. The maximum absolute atomic E-state index is 5.75. The van der Waals surface area contributed by atoms with Crippen LogP contribution in [0.4, 0.5) is 0 Å². The van der Waals surface area contributed by atoms with Gasteiger partial charge >= 0.3 is 0 Å². The Hall–Kier alpha value is -0.640. The van der Waals surface area contributed by atoms with E-state index in [2.05, 4.69) is 18.8 Å². The molecule has 0 unspecified atom stereocenters. The molecule has 1 heterocycles. The minimum absolute atomic E-state index is 0.438. The van der Waals surface area contributed by atoms with Crippen molar-refractivity contribution in [1.82, 2.24) is 9.66 Å². The summed E-state index contributed by atoms with van der Waals surface area (Å²) in [7, 11) is 0. The fraction of sp³-hybridized carbons (Fsp3) is 0.571. The smallest absolute Gasteiger partial charge is 0.186 e. The van der Waals surface area contributed by atoms with Crippen LogP contribution in [0.5, 0.6) is 0 Å². The third kappa shape index (κ3) is 1.50. The van der Waals surface area contributed by atoms with Crippen LogP contribution in [0.2, 0.25) is 0 Å². The van der Waals surface area contributed by atoms with E-state index in [4.69, 9.17) is 5.84 Å². The van der Waals surface area contributed by atoms with E-state index in [1.165, 1.54) is 0 Å². The van der Waals surface area contributed by atoms with Crippen LogP contribution >= 0.6 is 11.8 Å². The number of nitrogens with zero attached hydrogens (tertiary/aromatic N) is 2. The molecule has 0 amide bonds. The fourth-order valence-corrected chi connectivity index (χ4v) is 1.39. The number of nitrogens with two attached hydrogens (primary N) is 1. The lowest BCUT2D eigenvalue weighted by atomic mass is 10.2. The number of hydrogen-bond acceptors (Lipinski definition) is 3. The van der Waals surface area contributed by atoms with Gasteiger partial charge in [-0.1, -0.05) is 25.6 Å². The topological polar surface area (TPSA) is 43.8 Å². The largest absolute Gasteiger partial charge is 0.337 e. The van der Waals surface area contributed by atoms with Crippen molar-refractivity contribution in [2.45, 2.75) is 24.9 Å². The summed E-state index contributed by atoms with van der Waals surface area (Å²) in [6, 6.07) is 0. The van der Waals surface area contributed by atoms with Gasteiger partial charge in [-0.25, -0.2) is 9.66 Å². The molecule has 0 bridgehead atoms. The monoisotopic (exact) mass is 171 g/mol. The summed E-state index contributed by atoms with van der Waals surface area (Å²) in [5.41, 5.74) is 1.08. The molecular formula is C7H13N3S. The lowest BCUT2D eigenvalue weighted by molar-refractivity contribution is 0.729. The molecule has 0 spiro atoms. The summed E-state index contributed by atoms with van der Waals surface area (Å²) in [5, 5.41) is 0.869. The van der Waals surface area contributed by atoms with Gasteiger partial charge in [0, 0.05) is 0 Å². The molecule has 2 N–H and O–H groups in total. The normalized spacial score (nSPS) is 10.9. The van der Waals surface area contributed by atoms with Gasteiger partial charge in [-0.3, -0.25) is 0 Å². The van der Waals surface area contributed by atoms with Crippen molar-refractivity contribution in [3.63, 3.8) is 0 Å². The fourth-order valence-electron chi connectivity index (χ4n) is 0.934. The molecule has 0 aliphatic heterocycles. The molecule has 0 saturated carbocycles. The summed E-state index contributed by atoms with van der Waals surface area (Å²) >= 11 is 1.56. The van der Waals surface area contributed by atoms with Crippen LogP contribution in [0.15, 0.2) is 11.4 Å². The molecule has 1 rings (SSSR count). The summed E-state index contributed by atoms with van der Waals surface area (Å²) in [4.78, 5) is 4.16. The average molecular weight is 171 g/mol. The Labute approximate surface area is 71.0 Å². The number of hydrogen-bond donors (Lipinski definition) is 1. The lowest BCUT2D eigenvalue weighted by Gasteiger charge is -2.05. The highest BCUT2D eigenvalue weighted by atomic mass is 32.2. The number of rotatable bonds is 2. The van der Waals surface area contributed by atoms with Crippen molar-refractivity contribution >= 4 is 11.8 Å². The lowest BCUT2D eigenvalue weighted by Crippen LogP contribution is -2.13. The molecule has 0 saturated heterocycles. The maximum Gasteiger partial charge on any atom is 0.186 e. The quantitative estimate of drug-likeness (QED) is 0.541. The van der Waals surface area contributed by atoms with E-state index in [0.29, 0.717) is 5.92 Å². The van der Waals surface area contributed by atoms with Crippen molar-refractivity contribution in [2.75, 3.05) is 12.1 Å². The van der Waals surface area contributed by atoms with E-state index < -0.39 is 0 Å². The molecule has 4 heteroatoms. The van der Waals surface area contributed by atoms with E-state index in [0.717, 1.165) is 10.9 Å². The van der Waals surface area contributed by atoms with E-state index >= 15 is 0 Å². The molecule has 0 aliphatic carbocycles. The molecule has 0 aliphatic rings. The highest BCUT2D eigenvalue weighted by molar-refractivity contribution is 7.98. The molecule has 0 aromatic carbocycles. The summed E-state index contributed by atoms with van der Waals surface area (Å²) < 4.78 is 1.65. The summed E-state index contributed by atoms with van der Waals surface area (Å²) in [6.45, 7) is 4.20. The Morgan fingerprint density at radius 1 is 1.64 bits per heavy atom. The van der Waals surface area contributed by atoms with Crippen LogP contribution in [0, 0.1) is 0 Å². The molecule has 1 aromatic rings. The van der Waals surface area contributed by atoms with Gasteiger partial charge in [0.1, 0.15) is 0 Å². The zero-order valence-electron chi connectivity index (χ0n) is 7.03. The van der Waals surface area contributed by atoms with Crippen molar-refractivity contribution in [3.05, 3.63) is 11.9 Å². The molecule has 62 valence electrons. The Bertz CT molecular complexity index is 242. The first-order valence-electron chi connectivity index (χ1n) is 3.53. The second-order valence-corrected chi connectivity index (χ2v) is 3.47. The van der Waals surface area contributed by atoms with Gasteiger partial charge in [-0.15, -0.1) is 0 Å². The zero-order chi connectivity index (χ0) is 8.43. The Balaban J connectivity index is 3.00. The van der Waals surface area contributed by atoms with Crippen LogP contribution in [-0.2, 0) is 0 Å². The summed E-state index contributed by atoms with van der Waals surface area (Å²) in [6.07, 6.45) is 3.80. The number of thioether (sulfide) groups is 1. The van der Waals surface area contributed by atoms with Crippen molar-refractivity contribution in [2.24, 2.45) is 0 Å². The van der Waals surface area contributed by atoms with Crippen LogP contribution in [0.3, 0.4) is 0 Å². The van der Waals surface area contributed by atoms with Gasteiger partial charge in [0.2, 0.25) is 0 Å². The third-order valence-electron chi connectivity index (χ3n) is 1.57. The first-order chi connectivity index (χ1) is 5.16. The Morgan fingerprint density at radius 3 is 2.55 bits per heavy atom. The van der Waals surface area contributed by atoms with Gasteiger partial charge in [-0.05, 0) is 12.2 Å². The first kappa shape index (κ1) is 8.46. The van der Waals surface area contributed by atoms with E-state index in [9.17, 15) is 0 Å². The molecular weight excluding hydrogens is 158 g/mol. The predicted octanol–water partition coefficient (Wildman–Crippen LogP) is 1.44. The molecule has 11 heavy (non-hydrogen) atoms. The van der Waals surface area contributed by atoms with Gasteiger partial charge in [-0.2, -0.15) is 0 Å². The second kappa shape index (κ2) is 3.17. The number of imidazole rings is 1. The standard InChI is InChI=1S/C7H13N3S/c1-5(2)6-4-9-7(11-3)10(6)8/h4-5H,8H2,1-3H3. The minimum Gasteiger partial charge on any atom is -0.337 e. The minimum atomic E-state index is 0.438. The van der Waals surface area contributed by atoms with Crippen molar-refractivity contribution < 1.29 is 0 Å². The third-order valence-corrected chi connectivity index (χ3v) is 2.23. The van der Waals surface area contributed by atoms with E-state index in [1.807, 2.05) is 12.5 Å². The van der Waals surface area contributed by atoms with Crippen molar-refractivity contribution in [3.8, 4) is 0 Å². The number of aromatic nitrogens is 2. The predicted molar refractivity (Wildman–Crippen MR) is 48.2 cm³/mol.